The van der Waals surface area contributed by atoms with E-state index in [9.17, 15) is 23.5 Å². The average Bonchev–Trinajstić information content (AvgIpc) is 2.91. The van der Waals surface area contributed by atoms with Crippen molar-refractivity contribution >= 4 is 62.7 Å². The number of hydrogen-bond acceptors (Lipinski definition) is 4. The molecule has 0 unspecified atom stereocenters. The second-order valence-electron chi connectivity index (χ2n) is 9.91. The van der Waals surface area contributed by atoms with Gasteiger partial charge in [0, 0.05) is 51.4 Å². The monoisotopic (exact) mass is 777 g/mol. The molecule has 0 aliphatic carbocycles. The Morgan fingerprint density at radius 1 is 0.952 bits per heavy atom. The molecule has 42 heavy (non-hydrogen) atoms. The van der Waals surface area contributed by atoms with Crippen molar-refractivity contribution in [1.29, 1.82) is 0 Å². The first-order valence-corrected chi connectivity index (χ1v) is 15.5. The molecule has 3 aromatic rings. The van der Waals surface area contributed by atoms with Crippen LogP contribution in [0.1, 0.15) is 58.5 Å². The van der Waals surface area contributed by atoms with E-state index in [1.807, 2.05) is 38.1 Å². The first-order valence-electron chi connectivity index (χ1n) is 13.6. The van der Waals surface area contributed by atoms with Gasteiger partial charge in [0.25, 0.3) is 11.8 Å². The molecule has 0 saturated carbocycles. The Hall–Kier alpha value is -2.12. The molecule has 3 rings (SSSR count). The quantitative estimate of drug-likeness (QED) is 0.163. The van der Waals surface area contributed by atoms with Gasteiger partial charge in [0.1, 0.15) is 11.6 Å². The van der Waals surface area contributed by atoms with Gasteiger partial charge in [-0.25, -0.2) is 8.78 Å². The number of rotatable bonds is 14. The highest BCUT2D eigenvalue weighted by Gasteiger charge is 2.24. The SMILES string of the molecule is CCCN(CCC)C(=O)c1cc(Br)cc(C(=O)N[C@@H](Cc2cc(F)cc(F)c2)[C@H](O)CNCc2cccc(I)c2)c1.Cl. The van der Waals surface area contributed by atoms with Crippen LogP contribution in [0.5, 0.6) is 0 Å². The smallest absolute Gasteiger partial charge is 0.253 e. The van der Waals surface area contributed by atoms with Crippen molar-refractivity contribution in [3.63, 3.8) is 0 Å². The van der Waals surface area contributed by atoms with Gasteiger partial charge in [0.2, 0.25) is 0 Å². The largest absolute Gasteiger partial charge is 0.390 e. The number of hydrogen-bond donors (Lipinski definition) is 3. The van der Waals surface area contributed by atoms with E-state index in [1.165, 1.54) is 18.2 Å². The van der Waals surface area contributed by atoms with E-state index < -0.39 is 29.7 Å². The minimum absolute atomic E-state index is 0. The van der Waals surface area contributed by atoms with Gasteiger partial charge in [0.15, 0.2) is 0 Å². The minimum atomic E-state index is -1.08. The van der Waals surface area contributed by atoms with Gasteiger partial charge in [-0.05, 0) is 95.4 Å². The summed E-state index contributed by atoms with van der Waals surface area (Å²) in [5, 5.41) is 17.1. The predicted octanol–water partition coefficient (Wildman–Crippen LogP) is 6.51. The fourth-order valence-electron chi connectivity index (χ4n) is 4.55. The maximum atomic E-state index is 13.9. The number of carbonyl (C=O) groups is 2. The molecule has 0 aliphatic heterocycles. The van der Waals surface area contributed by atoms with E-state index in [1.54, 1.807) is 17.0 Å². The summed E-state index contributed by atoms with van der Waals surface area (Å²) in [6.07, 6.45) is 0.536. The summed E-state index contributed by atoms with van der Waals surface area (Å²) >= 11 is 5.63. The summed E-state index contributed by atoms with van der Waals surface area (Å²) in [6.45, 7) is 5.83. The lowest BCUT2D eigenvalue weighted by Crippen LogP contribution is -2.48. The highest BCUT2D eigenvalue weighted by molar-refractivity contribution is 14.1. The van der Waals surface area contributed by atoms with Crippen molar-refractivity contribution < 1.29 is 23.5 Å². The third-order valence-electron chi connectivity index (χ3n) is 6.41. The molecule has 2 atom stereocenters. The summed E-state index contributed by atoms with van der Waals surface area (Å²) in [6, 6.07) is 15.0. The fraction of sp³-hybridized carbons (Fsp3) is 0.355. The summed E-state index contributed by atoms with van der Waals surface area (Å²) in [7, 11) is 0. The first kappa shape index (κ1) is 36.1. The number of nitrogens with one attached hydrogen (secondary N) is 2. The molecular formula is C31H36BrClF2IN3O3. The molecule has 0 saturated heterocycles. The van der Waals surface area contributed by atoms with Gasteiger partial charge in [-0.2, -0.15) is 0 Å². The Kier molecular flexibility index (Phi) is 15.3. The van der Waals surface area contributed by atoms with Crippen LogP contribution >= 0.6 is 50.9 Å². The first-order chi connectivity index (χ1) is 19.6. The van der Waals surface area contributed by atoms with E-state index in [4.69, 9.17) is 0 Å². The van der Waals surface area contributed by atoms with Crippen molar-refractivity contribution in [1.82, 2.24) is 15.5 Å². The van der Waals surface area contributed by atoms with Gasteiger partial charge in [0.05, 0.1) is 12.1 Å². The highest BCUT2D eigenvalue weighted by Crippen LogP contribution is 2.19. The zero-order valence-corrected chi connectivity index (χ0v) is 28.1. The Morgan fingerprint density at radius 2 is 1.60 bits per heavy atom. The Labute approximate surface area is 274 Å². The molecule has 2 amide bonds. The topological polar surface area (TPSA) is 81.7 Å². The van der Waals surface area contributed by atoms with Crippen LogP contribution in [0.2, 0.25) is 0 Å². The highest BCUT2D eigenvalue weighted by atomic mass is 127. The molecule has 6 nitrogen and oxygen atoms in total. The van der Waals surface area contributed by atoms with Crippen molar-refractivity contribution in [2.45, 2.75) is 51.8 Å². The molecule has 0 aliphatic rings. The van der Waals surface area contributed by atoms with Crippen molar-refractivity contribution in [2.75, 3.05) is 19.6 Å². The number of halogens is 5. The second-order valence-corrected chi connectivity index (χ2v) is 12.1. The van der Waals surface area contributed by atoms with Crippen LogP contribution in [-0.4, -0.2) is 53.6 Å². The summed E-state index contributed by atoms with van der Waals surface area (Å²) in [5.41, 5.74) is 1.92. The summed E-state index contributed by atoms with van der Waals surface area (Å²) < 4.78 is 29.5. The minimum Gasteiger partial charge on any atom is -0.390 e. The third kappa shape index (κ3) is 11.2. The maximum absolute atomic E-state index is 13.9. The van der Waals surface area contributed by atoms with Crippen LogP contribution in [0.4, 0.5) is 8.78 Å². The zero-order chi connectivity index (χ0) is 29.9. The van der Waals surface area contributed by atoms with E-state index in [2.05, 4.69) is 49.2 Å². The van der Waals surface area contributed by atoms with Crippen LogP contribution in [0.3, 0.4) is 0 Å². The lowest BCUT2D eigenvalue weighted by atomic mass is 9.99. The molecular weight excluding hydrogens is 743 g/mol. The molecule has 0 spiro atoms. The summed E-state index contributed by atoms with van der Waals surface area (Å²) in [4.78, 5) is 28.4. The predicted molar refractivity (Wildman–Crippen MR) is 176 cm³/mol. The van der Waals surface area contributed by atoms with Crippen LogP contribution < -0.4 is 10.6 Å². The zero-order valence-electron chi connectivity index (χ0n) is 23.5. The van der Waals surface area contributed by atoms with Gasteiger partial charge in [-0.3, -0.25) is 9.59 Å². The number of aliphatic hydroxyl groups excluding tert-OH is 1. The number of benzene rings is 3. The van der Waals surface area contributed by atoms with E-state index in [0.717, 1.165) is 28.0 Å². The Bertz CT molecular complexity index is 1320. The van der Waals surface area contributed by atoms with Crippen molar-refractivity contribution in [2.24, 2.45) is 0 Å². The number of amides is 2. The number of aliphatic hydroxyl groups is 1. The molecule has 11 heteroatoms. The molecule has 0 heterocycles. The molecule has 228 valence electrons. The molecule has 0 bridgehead atoms. The van der Waals surface area contributed by atoms with Gasteiger partial charge in [-0.15, -0.1) is 12.4 Å². The van der Waals surface area contributed by atoms with Crippen LogP contribution in [0.15, 0.2) is 65.1 Å². The Morgan fingerprint density at radius 3 is 2.21 bits per heavy atom. The van der Waals surface area contributed by atoms with Crippen LogP contribution in [-0.2, 0) is 13.0 Å². The standard InChI is InChI=1S/C31H35BrF2IN3O3.ClH/c1-3-8-38(9-4-2)31(41)23-14-22(15-24(32)16-23)30(40)37-28(13-21-10-25(33)17-26(34)11-21)29(39)19-36-18-20-6-5-7-27(35)12-20;/h5-7,10-12,14-17,28-29,36,39H,3-4,8-9,13,18-19H2,1-2H3,(H,37,40);1H/t28-,29+;/m0./s1. The van der Waals surface area contributed by atoms with E-state index in [0.29, 0.717) is 35.2 Å². The van der Waals surface area contributed by atoms with Gasteiger partial charge >= 0.3 is 0 Å². The lowest BCUT2D eigenvalue weighted by molar-refractivity contribution is 0.0755. The molecule has 3 aromatic carbocycles. The van der Waals surface area contributed by atoms with Crippen LogP contribution in [0.25, 0.3) is 0 Å². The lowest BCUT2D eigenvalue weighted by Gasteiger charge is -2.25. The molecule has 3 N–H and O–H groups in total. The number of nitrogens with zero attached hydrogens (tertiary/aromatic N) is 1. The maximum Gasteiger partial charge on any atom is 0.253 e. The normalized spacial score (nSPS) is 12.3. The average molecular weight is 779 g/mol. The molecule has 0 fully saturated rings. The Balaban J connectivity index is 0.00000616. The van der Waals surface area contributed by atoms with Crippen LogP contribution in [0, 0.1) is 15.2 Å². The number of carbonyl (C=O) groups excluding carboxylic acids is 2. The molecule has 0 aromatic heterocycles. The van der Waals surface area contributed by atoms with Crippen molar-refractivity contribution in [3.8, 4) is 0 Å². The van der Waals surface area contributed by atoms with E-state index in [-0.39, 0.29) is 36.8 Å². The third-order valence-corrected chi connectivity index (χ3v) is 7.54. The second kappa shape index (κ2) is 17.9. The van der Waals surface area contributed by atoms with Gasteiger partial charge < -0.3 is 20.6 Å². The van der Waals surface area contributed by atoms with Gasteiger partial charge in [-0.1, -0.05) is 41.9 Å². The van der Waals surface area contributed by atoms with Crippen molar-refractivity contribution in [3.05, 3.63) is 103 Å². The van der Waals surface area contributed by atoms with E-state index >= 15 is 0 Å². The molecule has 0 radical (unpaired) electrons. The fourth-order valence-corrected chi connectivity index (χ4v) is 5.65. The summed E-state index contributed by atoms with van der Waals surface area (Å²) in [5.74, 6) is -2.17.